The quantitative estimate of drug-likeness (QED) is 0.437. The van der Waals surface area contributed by atoms with Crippen molar-refractivity contribution in [3.63, 3.8) is 0 Å². The molecule has 0 amide bonds. The Kier molecular flexibility index (Phi) is 2.46. The van der Waals surface area contributed by atoms with Gasteiger partial charge in [0.05, 0.1) is 0 Å². The van der Waals surface area contributed by atoms with E-state index in [9.17, 15) is 0 Å². The molecule has 1 rings (SSSR count). The van der Waals surface area contributed by atoms with Crippen LogP contribution in [0.15, 0.2) is 20.7 Å². The molecule has 56 valence electrons. The number of hydrogen-bond acceptors (Lipinski definition) is 2. The molecule has 0 aromatic rings. The fraction of sp³-hybridized carbons (Fsp3) is 0.250. The third-order valence-electron chi connectivity index (χ3n) is 0.794. The second-order valence-corrected chi connectivity index (χ2v) is 6.51. The van der Waals surface area contributed by atoms with E-state index >= 15 is 0 Å². The Balaban J connectivity index is 3.15. The lowest BCUT2D eigenvalue weighted by Gasteiger charge is -2.08. The number of nitrogens with zero attached hydrogens (tertiary/aromatic N) is 2. The molecule has 1 heterocycles. The summed E-state index contributed by atoms with van der Waals surface area (Å²) in [6, 6.07) is 0. The monoisotopic (exact) mass is 216 g/mol. The van der Waals surface area contributed by atoms with Crippen LogP contribution in [-0.2, 0) is 0 Å². The summed E-state index contributed by atoms with van der Waals surface area (Å²) in [4.78, 5) is 0. The molecule has 0 bridgehead atoms. The first kappa shape index (κ1) is 8.61. The molecule has 1 aliphatic heterocycles. The smallest absolute Gasteiger partial charge is 0.163 e. The first-order valence-corrected chi connectivity index (χ1v) is 6.22. The van der Waals surface area contributed by atoms with Crippen molar-refractivity contribution in [2.45, 2.75) is 0 Å². The van der Waals surface area contributed by atoms with E-state index in [1.54, 1.807) is 6.66 Å². The molecule has 0 aliphatic carbocycles. The standard InChI is InChI=1S/C4H4Cl3N2P/c1-10(7)8-3(5)2-4(6)9-10/h2H,1H3. The molecular weight excluding hydrogens is 213 g/mol. The summed E-state index contributed by atoms with van der Waals surface area (Å²) in [6.45, 7) is -0.381. The predicted molar refractivity (Wildman–Crippen MR) is 48.3 cm³/mol. The van der Waals surface area contributed by atoms with Gasteiger partial charge in [-0.25, -0.2) is 9.51 Å². The van der Waals surface area contributed by atoms with Crippen LogP contribution in [0.2, 0.25) is 0 Å². The molecule has 0 saturated carbocycles. The van der Waals surface area contributed by atoms with Crippen molar-refractivity contribution < 1.29 is 0 Å². The molecule has 0 radical (unpaired) electrons. The first-order valence-electron chi connectivity index (χ1n) is 2.42. The van der Waals surface area contributed by atoms with Gasteiger partial charge < -0.3 is 0 Å². The SMILES string of the molecule is CP1(Cl)=NC(Cl)=CC(Cl)=N1. The van der Waals surface area contributed by atoms with E-state index in [1.165, 1.54) is 6.08 Å². The van der Waals surface area contributed by atoms with Gasteiger partial charge in [-0.3, -0.25) is 0 Å². The average molecular weight is 217 g/mol. The molecule has 1 unspecified atom stereocenters. The van der Waals surface area contributed by atoms with Gasteiger partial charge in [-0.1, -0.05) is 34.4 Å². The van der Waals surface area contributed by atoms with Crippen molar-refractivity contribution in [3.8, 4) is 0 Å². The van der Waals surface area contributed by atoms with Crippen LogP contribution in [0.4, 0.5) is 0 Å². The minimum Gasteiger partial charge on any atom is -0.218 e. The Morgan fingerprint density at radius 3 is 2.50 bits per heavy atom. The topological polar surface area (TPSA) is 24.7 Å². The molecule has 0 saturated heterocycles. The van der Waals surface area contributed by atoms with Gasteiger partial charge in [0.2, 0.25) is 0 Å². The second kappa shape index (κ2) is 2.86. The summed E-state index contributed by atoms with van der Waals surface area (Å²) in [6.07, 6.45) is 1.47. The van der Waals surface area contributed by atoms with Crippen LogP contribution >= 0.6 is 41.0 Å². The van der Waals surface area contributed by atoms with Crippen molar-refractivity contribution in [2.75, 3.05) is 6.66 Å². The van der Waals surface area contributed by atoms with Crippen LogP contribution in [0.1, 0.15) is 0 Å². The number of allylic oxidation sites excluding steroid dienone is 1. The number of rotatable bonds is 0. The molecule has 0 aromatic heterocycles. The highest BCUT2D eigenvalue weighted by atomic mass is 35.7. The van der Waals surface area contributed by atoms with Gasteiger partial charge >= 0.3 is 0 Å². The zero-order chi connectivity index (χ0) is 7.78. The van der Waals surface area contributed by atoms with Crippen molar-refractivity contribution in [3.05, 3.63) is 11.2 Å². The van der Waals surface area contributed by atoms with Gasteiger partial charge in [0.1, 0.15) is 10.3 Å². The van der Waals surface area contributed by atoms with E-state index in [4.69, 9.17) is 34.4 Å². The van der Waals surface area contributed by atoms with Crippen LogP contribution < -0.4 is 0 Å². The van der Waals surface area contributed by atoms with Crippen LogP contribution in [0.25, 0.3) is 0 Å². The fourth-order valence-electron chi connectivity index (χ4n) is 0.527. The van der Waals surface area contributed by atoms with Crippen LogP contribution in [0, 0.1) is 0 Å². The highest BCUT2D eigenvalue weighted by Gasteiger charge is 2.12. The Hall–Kier alpha value is 0.510. The van der Waals surface area contributed by atoms with Crippen molar-refractivity contribution >= 4 is 46.2 Å². The van der Waals surface area contributed by atoms with E-state index in [0.717, 1.165) is 0 Å². The summed E-state index contributed by atoms with van der Waals surface area (Å²) in [5.41, 5.74) is 0. The Labute approximate surface area is 73.8 Å². The van der Waals surface area contributed by atoms with Crippen molar-refractivity contribution in [1.82, 2.24) is 0 Å². The lowest BCUT2D eigenvalue weighted by Crippen LogP contribution is -1.85. The first-order chi connectivity index (χ1) is 4.49. The van der Waals surface area contributed by atoms with Gasteiger partial charge in [-0.05, 0) is 0 Å². The molecule has 6 heteroatoms. The Morgan fingerprint density at radius 2 is 2.10 bits per heavy atom. The maximum Gasteiger partial charge on any atom is 0.163 e. The van der Waals surface area contributed by atoms with Crippen molar-refractivity contribution in [2.24, 2.45) is 9.51 Å². The van der Waals surface area contributed by atoms with E-state index in [2.05, 4.69) is 9.51 Å². The second-order valence-electron chi connectivity index (χ2n) is 1.80. The summed E-state index contributed by atoms with van der Waals surface area (Å²) >= 11 is 16.9. The molecule has 1 atom stereocenters. The third kappa shape index (κ3) is 2.28. The van der Waals surface area contributed by atoms with E-state index in [0.29, 0.717) is 10.3 Å². The maximum absolute atomic E-state index is 5.81. The average Bonchev–Trinajstić information content (AvgIpc) is 1.54. The fourth-order valence-corrected chi connectivity index (χ4v) is 3.25. The Morgan fingerprint density at radius 1 is 1.50 bits per heavy atom. The maximum atomic E-state index is 5.81. The molecule has 0 aromatic carbocycles. The van der Waals surface area contributed by atoms with Crippen LogP contribution in [0.5, 0.6) is 0 Å². The van der Waals surface area contributed by atoms with E-state index in [1.807, 2.05) is 0 Å². The lowest BCUT2D eigenvalue weighted by molar-refractivity contribution is 1.53. The van der Waals surface area contributed by atoms with Gasteiger partial charge in [0.15, 0.2) is 6.56 Å². The summed E-state index contributed by atoms with van der Waals surface area (Å²) in [5, 5.41) is 0.650. The van der Waals surface area contributed by atoms with Gasteiger partial charge in [-0.15, -0.1) is 0 Å². The van der Waals surface area contributed by atoms with Crippen molar-refractivity contribution in [1.29, 1.82) is 0 Å². The summed E-state index contributed by atoms with van der Waals surface area (Å²) in [7, 11) is 0. The highest BCUT2D eigenvalue weighted by molar-refractivity contribution is 7.89. The molecule has 0 fully saturated rings. The molecule has 10 heavy (non-hydrogen) atoms. The van der Waals surface area contributed by atoms with E-state index in [-0.39, 0.29) is 0 Å². The minimum absolute atomic E-state index is 0.325. The summed E-state index contributed by atoms with van der Waals surface area (Å²) < 4.78 is 7.79. The van der Waals surface area contributed by atoms with Crippen LogP contribution in [-0.4, -0.2) is 11.8 Å². The molecule has 0 N–H and O–H groups in total. The highest BCUT2D eigenvalue weighted by Crippen LogP contribution is 2.56. The molecule has 0 spiro atoms. The van der Waals surface area contributed by atoms with Gasteiger partial charge in [-0.2, -0.15) is 0 Å². The minimum atomic E-state index is -2.10. The zero-order valence-corrected chi connectivity index (χ0v) is 8.22. The molecule has 2 nitrogen and oxygen atoms in total. The number of hydrogen-bond donors (Lipinski definition) is 0. The lowest BCUT2D eigenvalue weighted by atomic mass is 10.7. The largest absolute Gasteiger partial charge is 0.218 e. The Bertz CT molecular complexity index is 259. The van der Waals surface area contributed by atoms with E-state index < -0.39 is 6.56 Å². The number of halogens is 3. The molecular formula is C4H4Cl3N2P. The summed E-state index contributed by atoms with van der Waals surface area (Å²) in [5.74, 6) is 0. The molecule has 1 aliphatic rings. The third-order valence-corrected chi connectivity index (χ3v) is 3.03. The van der Waals surface area contributed by atoms with Gasteiger partial charge in [0, 0.05) is 12.7 Å². The normalized spacial score (nSPS) is 32.4. The van der Waals surface area contributed by atoms with Gasteiger partial charge in [0.25, 0.3) is 0 Å². The predicted octanol–water partition coefficient (Wildman–Crippen LogP) is 3.62. The van der Waals surface area contributed by atoms with Crippen LogP contribution in [0.3, 0.4) is 0 Å². The zero-order valence-electron chi connectivity index (χ0n) is 5.05.